The number of hydrogen-bond acceptors (Lipinski definition) is 5. The molecule has 0 saturated heterocycles. The molecule has 0 spiro atoms. The fourth-order valence-electron chi connectivity index (χ4n) is 2.23. The molecule has 0 bridgehead atoms. The van der Waals surface area contributed by atoms with E-state index in [2.05, 4.69) is 21.4 Å². The summed E-state index contributed by atoms with van der Waals surface area (Å²) in [4.78, 5) is 7.93. The minimum atomic E-state index is 0.148. The molecule has 1 heterocycles. The Kier molecular flexibility index (Phi) is 5.13. The smallest absolute Gasteiger partial charge is 0.223 e. The van der Waals surface area contributed by atoms with Crippen molar-refractivity contribution in [3.63, 3.8) is 0 Å². The summed E-state index contributed by atoms with van der Waals surface area (Å²) in [7, 11) is 0. The van der Waals surface area contributed by atoms with E-state index in [-0.39, 0.29) is 5.95 Å². The third-order valence-electron chi connectivity index (χ3n) is 3.33. The summed E-state index contributed by atoms with van der Waals surface area (Å²) in [5.74, 6) is 1.60. The maximum Gasteiger partial charge on any atom is 0.223 e. The largest absolute Gasteiger partial charge is 0.489 e. The highest BCUT2D eigenvalue weighted by atomic mass is 35.5. The fourth-order valence-corrected chi connectivity index (χ4v) is 2.42. The standard InChI is InChI=1S/C18H17ClN4O/c19-16-10-17(23-18(20)22-16)21-11-13-5-4-6-14(9-13)12-24-15-7-2-1-3-8-15/h1-10H,11-12H2,(H3,20,21,22,23). The number of nitrogens with one attached hydrogen (secondary N) is 1. The SMILES string of the molecule is Nc1nc(Cl)cc(NCc2cccc(COc3ccccc3)c2)n1. The van der Waals surface area contributed by atoms with Crippen LogP contribution in [0, 0.1) is 0 Å². The molecular formula is C18H17ClN4O. The van der Waals surface area contributed by atoms with Gasteiger partial charge in [-0.05, 0) is 23.3 Å². The number of halogens is 1. The average Bonchev–Trinajstić information content (AvgIpc) is 2.59. The Morgan fingerprint density at radius 3 is 2.54 bits per heavy atom. The van der Waals surface area contributed by atoms with Crippen molar-refractivity contribution >= 4 is 23.4 Å². The van der Waals surface area contributed by atoms with Crippen LogP contribution in [0.4, 0.5) is 11.8 Å². The molecule has 3 aromatic rings. The van der Waals surface area contributed by atoms with Crippen molar-refractivity contribution in [2.45, 2.75) is 13.2 Å². The van der Waals surface area contributed by atoms with Gasteiger partial charge >= 0.3 is 0 Å². The van der Waals surface area contributed by atoms with Crippen molar-refractivity contribution in [3.05, 3.63) is 76.9 Å². The second-order valence-corrected chi connectivity index (χ2v) is 5.60. The lowest BCUT2D eigenvalue weighted by Gasteiger charge is -2.09. The van der Waals surface area contributed by atoms with E-state index in [0.29, 0.717) is 24.1 Å². The van der Waals surface area contributed by atoms with E-state index in [4.69, 9.17) is 22.1 Å². The van der Waals surface area contributed by atoms with Crippen molar-refractivity contribution in [2.75, 3.05) is 11.1 Å². The number of aromatic nitrogens is 2. The first-order valence-corrected chi connectivity index (χ1v) is 7.86. The van der Waals surface area contributed by atoms with Gasteiger partial charge in [-0.1, -0.05) is 54.1 Å². The minimum Gasteiger partial charge on any atom is -0.489 e. The predicted molar refractivity (Wildman–Crippen MR) is 96.0 cm³/mol. The van der Waals surface area contributed by atoms with Crippen LogP contribution in [0.2, 0.25) is 5.15 Å². The first kappa shape index (κ1) is 16.1. The molecule has 2 aromatic carbocycles. The molecule has 0 saturated carbocycles. The van der Waals surface area contributed by atoms with Crippen molar-refractivity contribution in [3.8, 4) is 5.75 Å². The van der Waals surface area contributed by atoms with Gasteiger partial charge in [0.05, 0.1) is 0 Å². The normalized spacial score (nSPS) is 10.4. The summed E-state index contributed by atoms with van der Waals surface area (Å²) in [5.41, 5.74) is 7.79. The highest BCUT2D eigenvalue weighted by Gasteiger charge is 2.02. The van der Waals surface area contributed by atoms with Gasteiger partial charge in [0.2, 0.25) is 5.95 Å². The topological polar surface area (TPSA) is 73.1 Å². The highest BCUT2D eigenvalue weighted by molar-refractivity contribution is 6.29. The molecular weight excluding hydrogens is 324 g/mol. The summed E-state index contributed by atoms with van der Waals surface area (Å²) in [5, 5.41) is 3.50. The molecule has 0 fully saturated rings. The summed E-state index contributed by atoms with van der Waals surface area (Å²) < 4.78 is 5.77. The second kappa shape index (κ2) is 7.66. The molecule has 6 heteroatoms. The maximum absolute atomic E-state index is 5.87. The molecule has 24 heavy (non-hydrogen) atoms. The van der Waals surface area contributed by atoms with E-state index < -0.39 is 0 Å². The van der Waals surface area contributed by atoms with Crippen LogP contribution in [-0.4, -0.2) is 9.97 Å². The van der Waals surface area contributed by atoms with Crippen LogP contribution in [0.25, 0.3) is 0 Å². The molecule has 0 amide bonds. The summed E-state index contributed by atoms with van der Waals surface area (Å²) >= 11 is 5.87. The first-order chi connectivity index (χ1) is 11.7. The van der Waals surface area contributed by atoms with Gasteiger partial charge in [-0.15, -0.1) is 0 Å². The van der Waals surface area contributed by atoms with E-state index in [1.54, 1.807) is 6.07 Å². The van der Waals surface area contributed by atoms with E-state index in [9.17, 15) is 0 Å². The van der Waals surface area contributed by atoms with E-state index in [1.807, 2.05) is 48.5 Å². The molecule has 3 rings (SSSR count). The van der Waals surface area contributed by atoms with Crippen molar-refractivity contribution in [2.24, 2.45) is 0 Å². The number of anilines is 2. The number of ether oxygens (including phenoxy) is 1. The summed E-state index contributed by atoms with van der Waals surface area (Å²) in [6.45, 7) is 1.12. The monoisotopic (exact) mass is 340 g/mol. The van der Waals surface area contributed by atoms with E-state index >= 15 is 0 Å². The Bertz CT molecular complexity index is 791. The Hall–Kier alpha value is -2.79. The lowest BCUT2D eigenvalue weighted by molar-refractivity contribution is 0.306. The van der Waals surface area contributed by atoms with Crippen molar-refractivity contribution in [1.29, 1.82) is 0 Å². The molecule has 1 aromatic heterocycles. The zero-order valence-corrected chi connectivity index (χ0v) is 13.7. The molecule has 0 radical (unpaired) electrons. The van der Waals surface area contributed by atoms with Crippen LogP contribution in [-0.2, 0) is 13.2 Å². The summed E-state index contributed by atoms with van der Waals surface area (Å²) in [6, 6.07) is 19.5. The maximum atomic E-state index is 5.87. The lowest BCUT2D eigenvalue weighted by atomic mass is 10.1. The van der Waals surface area contributed by atoms with Gasteiger partial charge in [0.1, 0.15) is 23.3 Å². The van der Waals surface area contributed by atoms with Crippen molar-refractivity contribution < 1.29 is 4.74 Å². The highest BCUT2D eigenvalue weighted by Crippen LogP contribution is 2.15. The molecule has 0 unspecified atom stereocenters. The molecule has 0 aliphatic heterocycles. The fraction of sp³-hybridized carbons (Fsp3) is 0.111. The van der Waals surface area contributed by atoms with Crippen LogP contribution in [0.1, 0.15) is 11.1 Å². The average molecular weight is 341 g/mol. The number of hydrogen-bond donors (Lipinski definition) is 2. The van der Waals surface area contributed by atoms with Crippen LogP contribution < -0.4 is 15.8 Å². The molecule has 3 N–H and O–H groups in total. The van der Waals surface area contributed by atoms with Gasteiger partial charge in [-0.2, -0.15) is 4.98 Å². The Morgan fingerprint density at radius 1 is 0.958 bits per heavy atom. The van der Waals surface area contributed by atoms with Crippen LogP contribution in [0.3, 0.4) is 0 Å². The third-order valence-corrected chi connectivity index (χ3v) is 3.52. The lowest BCUT2D eigenvalue weighted by Crippen LogP contribution is -2.05. The number of para-hydroxylation sites is 1. The number of nitrogens with zero attached hydrogens (tertiary/aromatic N) is 2. The molecule has 0 atom stereocenters. The summed E-state index contributed by atoms with van der Waals surface area (Å²) in [6.07, 6.45) is 0. The third kappa shape index (κ3) is 4.60. The predicted octanol–water partition coefficient (Wildman–Crippen LogP) is 3.90. The van der Waals surface area contributed by atoms with Gasteiger partial charge in [0.25, 0.3) is 0 Å². The quantitative estimate of drug-likeness (QED) is 0.666. The van der Waals surface area contributed by atoms with Crippen LogP contribution >= 0.6 is 11.6 Å². The van der Waals surface area contributed by atoms with Gasteiger partial charge < -0.3 is 15.8 Å². The molecule has 5 nitrogen and oxygen atoms in total. The van der Waals surface area contributed by atoms with Gasteiger partial charge in [-0.25, -0.2) is 4.98 Å². The van der Waals surface area contributed by atoms with Crippen LogP contribution in [0.15, 0.2) is 60.7 Å². The number of nitrogen functional groups attached to an aromatic ring is 1. The Morgan fingerprint density at radius 2 is 1.75 bits per heavy atom. The minimum absolute atomic E-state index is 0.148. The molecule has 0 aliphatic rings. The Labute approximate surface area is 145 Å². The second-order valence-electron chi connectivity index (χ2n) is 5.21. The van der Waals surface area contributed by atoms with E-state index in [0.717, 1.165) is 16.9 Å². The van der Waals surface area contributed by atoms with E-state index in [1.165, 1.54) is 0 Å². The van der Waals surface area contributed by atoms with Crippen LogP contribution in [0.5, 0.6) is 5.75 Å². The first-order valence-electron chi connectivity index (χ1n) is 7.48. The molecule has 122 valence electrons. The number of benzene rings is 2. The number of rotatable bonds is 6. The Balaban J connectivity index is 1.60. The number of nitrogens with two attached hydrogens (primary N) is 1. The van der Waals surface area contributed by atoms with Crippen molar-refractivity contribution in [1.82, 2.24) is 9.97 Å². The molecule has 0 aliphatic carbocycles. The van der Waals surface area contributed by atoms with Gasteiger partial charge in [0.15, 0.2) is 0 Å². The zero-order valence-electron chi connectivity index (χ0n) is 12.9. The van der Waals surface area contributed by atoms with Gasteiger partial charge in [-0.3, -0.25) is 0 Å². The van der Waals surface area contributed by atoms with Gasteiger partial charge in [0, 0.05) is 12.6 Å². The zero-order chi connectivity index (χ0) is 16.8.